The maximum absolute atomic E-state index is 10.9. The minimum atomic E-state index is -0.392. The smallest absolute Gasteiger partial charge is 0.271 e. The SMILES string of the molecule is CN1CCc2c(Cl)cc([N+](=O)[O-])cc2C1(C)C. The molecule has 0 atom stereocenters. The van der Waals surface area contributed by atoms with Crippen LogP contribution in [0, 0.1) is 10.1 Å². The van der Waals surface area contributed by atoms with E-state index >= 15 is 0 Å². The van der Waals surface area contributed by atoms with Crippen LogP contribution < -0.4 is 0 Å². The third kappa shape index (κ3) is 1.91. The van der Waals surface area contributed by atoms with E-state index in [0.717, 1.165) is 24.1 Å². The van der Waals surface area contributed by atoms with Gasteiger partial charge in [-0.2, -0.15) is 0 Å². The molecule has 0 aliphatic carbocycles. The van der Waals surface area contributed by atoms with Crippen molar-refractivity contribution in [2.24, 2.45) is 0 Å². The van der Waals surface area contributed by atoms with Gasteiger partial charge in [0.25, 0.3) is 5.69 Å². The Balaban J connectivity index is 2.65. The number of nitro groups is 1. The van der Waals surface area contributed by atoms with Crippen molar-refractivity contribution in [3.8, 4) is 0 Å². The van der Waals surface area contributed by atoms with E-state index in [-0.39, 0.29) is 11.2 Å². The normalized spacial score (nSPS) is 18.8. The van der Waals surface area contributed by atoms with Crippen LogP contribution in [0.1, 0.15) is 25.0 Å². The summed E-state index contributed by atoms with van der Waals surface area (Å²) in [5.41, 5.74) is 1.85. The van der Waals surface area contributed by atoms with Gasteiger partial charge in [-0.25, -0.2) is 0 Å². The summed E-state index contributed by atoms with van der Waals surface area (Å²) in [6, 6.07) is 3.10. The summed E-state index contributed by atoms with van der Waals surface area (Å²) in [5.74, 6) is 0. The molecule has 0 saturated heterocycles. The van der Waals surface area contributed by atoms with Gasteiger partial charge in [-0.05, 0) is 38.4 Å². The molecule has 1 aliphatic heterocycles. The predicted molar refractivity (Wildman–Crippen MR) is 67.5 cm³/mol. The van der Waals surface area contributed by atoms with Crippen LogP contribution in [-0.4, -0.2) is 23.4 Å². The zero-order valence-electron chi connectivity index (χ0n) is 10.2. The topological polar surface area (TPSA) is 46.4 Å². The Labute approximate surface area is 105 Å². The Hall–Kier alpha value is -1.13. The standard InChI is InChI=1S/C12H15ClN2O2/c1-12(2)10-6-8(15(16)17)7-11(13)9(10)4-5-14(12)3/h6-7H,4-5H2,1-3H3. The van der Waals surface area contributed by atoms with Crippen molar-refractivity contribution in [1.82, 2.24) is 4.90 Å². The number of hydrogen-bond donors (Lipinski definition) is 0. The van der Waals surface area contributed by atoms with Gasteiger partial charge in [0.15, 0.2) is 0 Å². The van der Waals surface area contributed by atoms with Crippen LogP contribution in [0.4, 0.5) is 5.69 Å². The fraction of sp³-hybridized carbons (Fsp3) is 0.500. The number of benzene rings is 1. The van der Waals surface area contributed by atoms with E-state index in [1.54, 1.807) is 6.07 Å². The second kappa shape index (κ2) is 3.96. The molecule has 1 aromatic carbocycles. The molecule has 1 heterocycles. The molecule has 0 radical (unpaired) electrons. The number of nitrogens with zero attached hydrogens (tertiary/aromatic N) is 2. The van der Waals surface area contributed by atoms with Crippen molar-refractivity contribution < 1.29 is 4.92 Å². The maximum atomic E-state index is 10.9. The monoisotopic (exact) mass is 254 g/mol. The Morgan fingerprint density at radius 2 is 2.12 bits per heavy atom. The van der Waals surface area contributed by atoms with Crippen molar-refractivity contribution in [2.75, 3.05) is 13.6 Å². The zero-order valence-corrected chi connectivity index (χ0v) is 10.9. The summed E-state index contributed by atoms with van der Waals surface area (Å²) in [7, 11) is 2.02. The van der Waals surface area contributed by atoms with E-state index in [1.165, 1.54) is 6.07 Å². The first kappa shape index (κ1) is 12.3. The zero-order chi connectivity index (χ0) is 12.8. The van der Waals surface area contributed by atoms with Gasteiger partial charge in [-0.3, -0.25) is 15.0 Å². The highest BCUT2D eigenvalue weighted by Crippen LogP contribution is 2.39. The summed E-state index contributed by atoms with van der Waals surface area (Å²) in [5, 5.41) is 11.4. The largest absolute Gasteiger partial charge is 0.297 e. The molecule has 92 valence electrons. The second-order valence-electron chi connectivity index (χ2n) is 4.94. The highest BCUT2D eigenvalue weighted by atomic mass is 35.5. The Morgan fingerprint density at radius 3 is 2.71 bits per heavy atom. The highest BCUT2D eigenvalue weighted by molar-refractivity contribution is 6.31. The van der Waals surface area contributed by atoms with Gasteiger partial charge in [-0.1, -0.05) is 11.6 Å². The van der Waals surface area contributed by atoms with E-state index in [4.69, 9.17) is 11.6 Å². The van der Waals surface area contributed by atoms with Crippen LogP contribution >= 0.6 is 11.6 Å². The summed E-state index contributed by atoms with van der Waals surface area (Å²) in [6.45, 7) is 5.04. The van der Waals surface area contributed by atoms with Gasteiger partial charge in [0.1, 0.15) is 0 Å². The van der Waals surface area contributed by atoms with Crippen LogP contribution in [0.25, 0.3) is 0 Å². The van der Waals surface area contributed by atoms with E-state index < -0.39 is 4.92 Å². The molecule has 0 aromatic heterocycles. The third-order valence-corrected chi connectivity index (χ3v) is 4.04. The first-order valence-corrected chi connectivity index (χ1v) is 5.90. The minimum Gasteiger partial charge on any atom is -0.297 e. The van der Waals surface area contributed by atoms with Crippen molar-refractivity contribution >= 4 is 17.3 Å². The summed E-state index contributed by atoms with van der Waals surface area (Å²) < 4.78 is 0. The van der Waals surface area contributed by atoms with Gasteiger partial charge >= 0.3 is 0 Å². The fourth-order valence-electron chi connectivity index (χ4n) is 2.29. The van der Waals surface area contributed by atoms with E-state index in [0.29, 0.717) is 5.02 Å². The first-order chi connectivity index (χ1) is 7.84. The summed E-state index contributed by atoms with van der Waals surface area (Å²) in [4.78, 5) is 12.7. The summed E-state index contributed by atoms with van der Waals surface area (Å²) in [6.07, 6.45) is 0.839. The Kier molecular flexibility index (Phi) is 2.87. The molecule has 1 aliphatic rings. The molecule has 17 heavy (non-hydrogen) atoms. The number of rotatable bonds is 1. The molecule has 0 fully saturated rings. The predicted octanol–water partition coefficient (Wildman–Crippen LogP) is 2.97. The van der Waals surface area contributed by atoms with Crippen molar-refractivity contribution in [1.29, 1.82) is 0 Å². The summed E-state index contributed by atoms with van der Waals surface area (Å²) >= 11 is 6.14. The molecule has 5 heteroatoms. The number of nitro benzene ring substituents is 1. The van der Waals surface area contributed by atoms with E-state index in [2.05, 4.69) is 18.7 Å². The van der Waals surface area contributed by atoms with Gasteiger partial charge in [-0.15, -0.1) is 0 Å². The lowest BCUT2D eigenvalue weighted by atomic mass is 9.83. The van der Waals surface area contributed by atoms with Gasteiger partial charge in [0.05, 0.1) is 9.95 Å². The van der Waals surface area contributed by atoms with Crippen LogP contribution in [0.3, 0.4) is 0 Å². The molecule has 0 saturated carbocycles. The second-order valence-corrected chi connectivity index (χ2v) is 5.35. The van der Waals surface area contributed by atoms with Crippen molar-refractivity contribution in [3.05, 3.63) is 38.4 Å². The van der Waals surface area contributed by atoms with E-state index in [1.807, 2.05) is 7.05 Å². The molecule has 0 amide bonds. The Bertz CT molecular complexity index is 486. The maximum Gasteiger partial charge on any atom is 0.271 e. The van der Waals surface area contributed by atoms with Crippen molar-refractivity contribution in [2.45, 2.75) is 25.8 Å². The number of hydrogen-bond acceptors (Lipinski definition) is 3. The lowest BCUT2D eigenvalue weighted by Crippen LogP contribution is -2.44. The van der Waals surface area contributed by atoms with Crippen molar-refractivity contribution in [3.63, 3.8) is 0 Å². The molecule has 4 nitrogen and oxygen atoms in total. The van der Waals surface area contributed by atoms with Crippen LogP contribution in [-0.2, 0) is 12.0 Å². The fourth-order valence-corrected chi connectivity index (χ4v) is 2.60. The number of likely N-dealkylation sites (N-methyl/N-ethyl adjacent to an activating group) is 1. The average molecular weight is 255 g/mol. The molecule has 0 N–H and O–H groups in total. The van der Waals surface area contributed by atoms with Crippen LogP contribution in [0.2, 0.25) is 5.02 Å². The molecular weight excluding hydrogens is 240 g/mol. The molecule has 1 aromatic rings. The van der Waals surface area contributed by atoms with Gasteiger partial charge in [0.2, 0.25) is 0 Å². The molecule has 0 unspecified atom stereocenters. The Morgan fingerprint density at radius 1 is 1.47 bits per heavy atom. The lowest BCUT2D eigenvalue weighted by molar-refractivity contribution is -0.385. The third-order valence-electron chi connectivity index (χ3n) is 3.70. The highest BCUT2D eigenvalue weighted by Gasteiger charge is 2.34. The number of halogens is 1. The van der Waals surface area contributed by atoms with Gasteiger partial charge in [0, 0.05) is 24.2 Å². The first-order valence-electron chi connectivity index (χ1n) is 5.52. The molecule has 0 spiro atoms. The lowest BCUT2D eigenvalue weighted by Gasteiger charge is -2.41. The minimum absolute atomic E-state index is 0.0668. The number of non-ortho nitro benzene ring substituents is 1. The number of fused-ring (bicyclic) bond motifs is 1. The molecule has 2 rings (SSSR count). The van der Waals surface area contributed by atoms with Crippen LogP contribution in [0.5, 0.6) is 0 Å². The van der Waals surface area contributed by atoms with Gasteiger partial charge < -0.3 is 0 Å². The quantitative estimate of drug-likeness (QED) is 0.572. The average Bonchev–Trinajstić information content (AvgIpc) is 2.24. The molecular formula is C12H15ClN2O2. The van der Waals surface area contributed by atoms with Crippen LogP contribution in [0.15, 0.2) is 12.1 Å². The molecule has 0 bridgehead atoms. The van der Waals surface area contributed by atoms with E-state index in [9.17, 15) is 10.1 Å².